The Kier molecular flexibility index (Phi) is 5.26. The van der Waals surface area contributed by atoms with Gasteiger partial charge >= 0.3 is 0 Å². The largest absolute Gasteiger partial charge is 0.276 e. The molecule has 5 heteroatoms. The normalized spacial score (nSPS) is 11.7. The van der Waals surface area contributed by atoms with Gasteiger partial charge in [0.05, 0.1) is 5.69 Å². The van der Waals surface area contributed by atoms with E-state index in [2.05, 4.69) is 25.7 Å². The standard InChI is InChI=1S/C20H19N5/c1-15-9-8-10-16(2)19(15)23-25-20(17-11-4-3-5-12-17)24-22-18-13-6-7-14-21-18/h3-14,23H,1-2H3/b24-22?,25-20-. The highest BCUT2D eigenvalue weighted by molar-refractivity contribution is 5.99. The SMILES string of the molecule is Cc1cccc(C)c1N/N=C(\N=Nc1ccccn1)c1ccccc1. The first-order valence-electron chi connectivity index (χ1n) is 8.02. The van der Waals surface area contributed by atoms with Gasteiger partial charge in [-0.3, -0.25) is 5.43 Å². The predicted octanol–water partition coefficient (Wildman–Crippen LogP) is 5.26. The minimum Gasteiger partial charge on any atom is -0.276 e. The molecular formula is C20H19N5. The number of rotatable bonds is 4. The van der Waals surface area contributed by atoms with Gasteiger partial charge in [0.25, 0.3) is 0 Å². The number of benzene rings is 2. The Balaban J connectivity index is 1.93. The fourth-order valence-electron chi connectivity index (χ4n) is 2.34. The Bertz CT molecular complexity index is 866. The van der Waals surface area contributed by atoms with Gasteiger partial charge in [-0.15, -0.1) is 10.2 Å². The lowest BCUT2D eigenvalue weighted by Crippen LogP contribution is -2.03. The third-order valence-electron chi connectivity index (χ3n) is 3.68. The third kappa shape index (κ3) is 4.35. The van der Waals surface area contributed by atoms with Crippen LogP contribution in [0.5, 0.6) is 0 Å². The Morgan fingerprint density at radius 3 is 2.24 bits per heavy atom. The van der Waals surface area contributed by atoms with Gasteiger partial charge < -0.3 is 0 Å². The third-order valence-corrected chi connectivity index (χ3v) is 3.68. The molecule has 3 aromatic rings. The summed E-state index contributed by atoms with van der Waals surface area (Å²) in [6.45, 7) is 4.09. The molecule has 1 aromatic heterocycles. The van der Waals surface area contributed by atoms with Crippen molar-refractivity contribution >= 4 is 17.3 Å². The van der Waals surface area contributed by atoms with Crippen LogP contribution in [0.25, 0.3) is 0 Å². The molecule has 2 aromatic carbocycles. The van der Waals surface area contributed by atoms with Crippen LogP contribution < -0.4 is 5.43 Å². The van der Waals surface area contributed by atoms with E-state index in [1.807, 2.05) is 74.5 Å². The lowest BCUT2D eigenvalue weighted by Gasteiger charge is -2.09. The van der Waals surface area contributed by atoms with Crippen molar-refractivity contribution in [2.75, 3.05) is 5.43 Å². The maximum atomic E-state index is 4.48. The average Bonchev–Trinajstić information content (AvgIpc) is 2.65. The smallest absolute Gasteiger partial charge is 0.201 e. The minimum atomic E-state index is 0.494. The van der Waals surface area contributed by atoms with E-state index in [1.54, 1.807) is 12.3 Å². The topological polar surface area (TPSA) is 62.0 Å². The number of pyridine rings is 1. The van der Waals surface area contributed by atoms with E-state index in [-0.39, 0.29) is 0 Å². The first-order valence-corrected chi connectivity index (χ1v) is 8.02. The molecule has 0 fully saturated rings. The Morgan fingerprint density at radius 2 is 1.56 bits per heavy atom. The summed E-state index contributed by atoms with van der Waals surface area (Å²) in [6, 6.07) is 21.4. The zero-order chi connectivity index (χ0) is 17.5. The molecule has 0 saturated heterocycles. The number of nitrogens with one attached hydrogen (secondary N) is 1. The van der Waals surface area contributed by atoms with Gasteiger partial charge in [-0.05, 0) is 37.1 Å². The van der Waals surface area contributed by atoms with E-state index in [0.29, 0.717) is 11.7 Å². The Hall–Kier alpha value is -3.34. The summed E-state index contributed by atoms with van der Waals surface area (Å²) < 4.78 is 0. The van der Waals surface area contributed by atoms with Crippen LogP contribution in [-0.2, 0) is 0 Å². The van der Waals surface area contributed by atoms with Crippen LogP contribution in [0.2, 0.25) is 0 Å². The summed E-state index contributed by atoms with van der Waals surface area (Å²) in [7, 11) is 0. The van der Waals surface area contributed by atoms with E-state index in [9.17, 15) is 0 Å². The number of aromatic nitrogens is 1. The van der Waals surface area contributed by atoms with Crippen molar-refractivity contribution in [2.45, 2.75) is 13.8 Å². The number of azo groups is 1. The molecule has 0 bridgehead atoms. The molecule has 124 valence electrons. The van der Waals surface area contributed by atoms with Crippen molar-refractivity contribution in [2.24, 2.45) is 15.3 Å². The first kappa shape index (κ1) is 16.5. The zero-order valence-corrected chi connectivity index (χ0v) is 14.2. The number of hydrazone groups is 1. The number of aryl methyl sites for hydroxylation is 2. The molecule has 0 aliphatic rings. The molecule has 0 aliphatic heterocycles. The van der Waals surface area contributed by atoms with Gasteiger partial charge in [-0.25, -0.2) is 4.98 Å². The van der Waals surface area contributed by atoms with Gasteiger partial charge in [0.1, 0.15) is 0 Å². The molecule has 0 radical (unpaired) electrons. The number of hydrogen-bond acceptors (Lipinski definition) is 4. The van der Waals surface area contributed by atoms with Crippen molar-refractivity contribution in [3.8, 4) is 0 Å². The maximum Gasteiger partial charge on any atom is 0.201 e. The summed E-state index contributed by atoms with van der Waals surface area (Å²) in [5.41, 5.74) is 7.23. The number of hydrogen-bond donors (Lipinski definition) is 1. The molecule has 1 N–H and O–H groups in total. The second kappa shape index (κ2) is 7.97. The fraction of sp³-hybridized carbons (Fsp3) is 0.100. The van der Waals surface area contributed by atoms with E-state index in [4.69, 9.17) is 0 Å². The highest BCUT2D eigenvalue weighted by Crippen LogP contribution is 2.20. The van der Waals surface area contributed by atoms with Gasteiger partial charge in [0, 0.05) is 11.8 Å². The number of nitrogens with zero attached hydrogens (tertiary/aromatic N) is 4. The minimum absolute atomic E-state index is 0.494. The molecule has 3 rings (SSSR count). The van der Waals surface area contributed by atoms with Gasteiger partial charge in [0.15, 0.2) is 5.82 Å². The number of amidine groups is 1. The average molecular weight is 329 g/mol. The van der Waals surface area contributed by atoms with Gasteiger partial charge in [-0.2, -0.15) is 5.10 Å². The Labute approximate surface area is 147 Å². The summed E-state index contributed by atoms with van der Waals surface area (Å²) in [5.74, 6) is 1.03. The zero-order valence-electron chi connectivity index (χ0n) is 14.2. The predicted molar refractivity (Wildman–Crippen MR) is 101 cm³/mol. The van der Waals surface area contributed by atoms with Crippen molar-refractivity contribution in [3.63, 3.8) is 0 Å². The van der Waals surface area contributed by atoms with Crippen molar-refractivity contribution in [3.05, 3.63) is 89.6 Å². The van der Waals surface area contributed by atoms with Crippen molar-refractivity contribution in [1.29, 1.82) is 0 Å². The molecule has 5 nitrogen and oxygen atoms in total. The second-order valence-electron chi connectivity index (χ2n) is 5.57. The molecular weight excluding hydrogens is 310 g/mol. The van der Waals surface area contributed by atoms with E-state index >= 15 is 0 Å². The van der Waals surface area contributed by atoms with Crippen LogP contribution in [0, 0.1) is 13.8 Å². The molecule has 0 aliphatic carbocycles. The number of anilines is 1. The summed E-state index contributed by atoms with van der Waals surface area (Å²) in [4.78, 5) is 4.16. The van der Waals surface area contributed by atoms with Crippen LogP contribution in [0.3, 0.4) is 0 Å². The van der Waals surface area contributed by atoms with Crippen molar-refractivity contribution < 1.29 is 0 Å². The van der Waals surface area contributed by atoms with Crippen LogP contribution >= 0.6 is 0 Å². The summed E-state index contributed by atoms with van der Waals surface area (Å²) >= 11 is 0. The highest BCUT2D eigenvalue weighted by atomic mass is 15.3. The quantitative estimate of drug-likeness (QED) is 0.307. The lowest BCUT2D eigenvalue weighted by molar-refractivity contribution is 1.16. The van der Waals surface area contributed by atoms with E-state index in [0.717, 1.165) is 22.4 Å². The fourth-order valence-corrected chi connectivity index (χ4v) is 2.34. The van der Waals surface area contributed by atoms with Gasteiger partial charge in [-0.1, -0.05) is 54.6 Å². The molecule has 0 saturated carbocycles. The summed E-state index contributed by atoms with van der Waals surface area (Å²) in [5, 5.41) is 13.0. The first-order chi connectivity index (χ1) is 12.2. The molecule has 1 heterocycles. The molecule has 0 amide bonds. The second-order valence-corrected chi connectivity index (χ2v) is 5.57. The maximum absolute atomic E-state index is 4.48. The monoisotopic (exact) mass is 329 g/mol. The molecule has 0 unspecified atom stereocenters. The van der Waals surface area contributed by atoms with Crippen LogP contribution in [-0.4, -0.2) is 10.8 Å². The Morgan fingerprint density at radius 1 is 0.840 bits per heavy atom. The number of para-hydroxylation sites is 1. The molecule has 0 atom stereocenters. The summed E-state index contributed by atoms with van der Waals surface area (Å²) in [6.07, 6.45) is 1.68. The highest BCUT2D eigenvalue weighted by Gasteiger charge is 2.05. The van der Waals surface area contributed by atoms with Crippen molar-refractivity contribution in [1.82, 2.24) is 4.98 Å². The van der Waals surface area contributed by atoms with Crippen LogP contribution in [0.15, 0.2) is 88.3 Å². The van der Waals surface area contributed by atoms with Crippen LogP contribution in [0.4, 0.5) is 11.5 Å². The van der Waals surface area contributed by atoms with E-state index < -0.39 is 0 Å². The molecule has 25 heavy (non-hydrogen) atoms. The van der Waals surface area contributed by atoms with E-state index in [1.165, 1.54) is 0 Å². The van der Waals surface area contributed by atoms with Gasteiger partial charge in [0.2, 0.25) is 5.84 Å². The lowest BCUT2D eigenvalue weighted by atomic mass is 10.1. The van der Waals surface area contributed by atoms with Crippen LogP contribution in [0.1, 0.15) is 16.7 Å². The molecule has 0 spiro atoms.